The zero-order valence-electron chi connectivity index (χ0n) is 17.8. The molecule has 2 fully saturated rings. The van der Waals surface area contributed by atoms with Crippen molar-refractivity contribution in [3.8, 4) is 0 Å². The topological polar surface area (TPSA) is 82.6 Å². The molecule has 3 heterocycles. The Morgan fingerprint density at radius 2 is 1.71 bits per heavy atom. The lowest BCUT2D eigenvalue weighted by Crippen LogP contribution is -2.45. The molecule has 0 unspecified atom stereocenters. The lowest BCUT2D eigenvalue weighted by molar-refractivity contribution is -0.139. The summed E-state index contributed by atoms with van der Waals surface area (Å²) >= 11 is 0. The number of nitrogens with zero attached hydrogens (tertiary/aromatic N) is 3. The molecule has 2 aliphatic heterocycles. The van der Waals surface area contributed by atoms with Crippen molar-refractivity contribution in [1.29, 1.82) is 0 Å². The number of hydrogen-bond acceptors (Lipinski definition) is 4. The molecule has 31 heavy (non-hydrogen) atoms. The fourth-order valence-electron chi connectivity index (χ4n) is 4.30. The predicted octanol–water partition coefficient (Wildman–Crippen LogP) is 2.30. The number of benzene rings is 1. The molecular formula is C24H28N4O3. The third-order valence-electron chi connectivity index (χ3n) is 6.21. The van der Waals surface area contributed by atoms with Crippen LogP contribution in [0.15, 0.2) is 48.8 Å². The van der Waals surface area contributed by atoms with E-state index in [-0.39, 0.29) is 36.0 Å². The van der Waals surface area contributed by atoms with Crippen LogP contribution in [0.4, 0.5) is 5.69 Å². The van der Waals surface area contributed by atoms with E-state index in [1.54, 1.807) is 17.3 Å². The fourth-order valence-corrected chi connectivity index (χ4v) is 4.30. The van der Waals surface area contributed by atoms with E-state index in [4.69, 9.17) is 0 Å². The number of hydrogen-bond donors (Lipinski definition) is 1. The van der Waals surface area contributed by atoms with Gasteiger partial charge in [-0.1, -0.05) is 17.7 Å². The summed E-state index contributed by atoms with van der Waals surface area (Å²) in [5.41, 5.74) is 2.99. The molecule has 7 heteroatoms. The molecule has 0 aliphatic carbocycles. The van der Waals surface area contributed by atoms with E-state index < -0.39 is 0 Å². The Balaban J connectivity index is 1.27. The molecule has 2 aliphatic rings. The number of aryl methyl sites for hydroxylation is 1. The standard InChI is InChI=1S/C24H28N4O3/c1-17-2-4-21(5-3-17)28-16-20(14-22(28)29)24(31)27-12-8-19(9-13-27)23(30)26-15-18-6-10-25-11-7-18/h2-7,10-11,19-20H,8-9,12-16H2,1H3,(H,26,30)/t20-/m1/s1. The molecule has 162 valence electrons. The molecule has 1 atom stereocenters. The van der Waals surface area contributed by atoms with E-state index >= 15 is 0 Å². The van der Waals surface area contributed by atoms with Gasteiger partial charge >= 0.3 is 0 Å². The Labute approximate surface area is 182 Å². The van der Waals surface area contributed by atoms with Crippen molar-refractivity contribution in [2.24, 2.45) is 11.8 Å². The zero-order valence-corrected chi connectivity index (χ0v) is 17.8. The highest BCUT2D eigenvalue weighted by molar-refractivity contribution is 6.00. The summed E-state index contributed by atoms with van der Waals surface area (Å²) in [4.78, 5) is 45.5. The van der Waals surface area contributed by atoms with E-state index in [2.05, 4.69) is 10.3 Å². The van der Waals surface area contributed by atoms with Crippen LogP contribution < -0.4 is 10.2 Å². The maximum absolute atomic E-state index is 13.0. The van der Waals surface area contributed by atoms with E-state index in [1.807, 2.05) is 48.2 Å². The third-order valence-corrected chi connectivity index (χ3v) is 6.21. The van der Waals surface area contributed by atoms with Gasteiger partial charge in [0.2, 0.25) is 17.7 Å². The van der Waals surface area contributed by atoms with Gasteiger partial charge in [0.25, 0.3) is 0 Å². The van der Waals surface area contributed by atoms with Crippen molar-refractivity contribution >= 4 is 23.4 Å². The third kappa shape index (κ3) is 4.93. The van der Waals surface area contributed by atoms with Gasteiger partial charge in [0.15, 0.2) is 0 Å². The summed E-state index contributed by atoms with van der Waals surface area (Å²) in [7, 11) is 0. The SMILES string of the molecule is Cc1ccc(N2C[C@H](C(=O)N3CCC(C(=O)NCc4ccncc4)CC3)CC2=O)cc1. The monoisotopic (exact) mass is 420 g/mol. The highest BCUT2D eigenvalue weighted by Crippen LogP contribution is 2.28. The summed E-state index contributed by atoms with van der Waals surface area (Å²) in [5, 5.41) is 2.98. The Kier molecular flexibility index (Phi) is 6.30. The van der Waals surface area contributed by atoms with E-state index in [0.29, 0.717) is 39.0 Å². The van der Waals surface area contributed by atoms with Crippen molar-refractivity contribution in [3.05, 3.63) is 59.9 Å². The summed E-state index contributed by atoms with van der Waals surface area (Å²) in [6.07, 6.45) is 4.96. The summed E-state index contributed by atoms with van der Waals surface area (Å²) in [5.74, 6) is -0.345. The van der Waals surface area contributed by atoms with Crippen molar-refractivity contribution < 1.29 is 14.4 Å². The predicted molar refractivity (Wildman–Crippen MR) is 117 cm³/mol. The molecule has 1 N–H and O–H groups in total. The van der Waals surface area contributed by atoms with Crippen LogP contribution in [0.3, 0.4) is 0 Å². The van der Waals surface area contributed by atoms with Gasteiger partial charge in [-0.05, 0) is 49.6 Å². The number of nitrogens with one attached hydrogen (secondary N) is 1. The minimum Gasteiger partial charge on any atom is -0.352 e. The molecule has 0 saturated carbocycles. The molecule has 0 spiro atoms. The molecule has 2 saturated heterocycles. The number of piperidine rings is 1. The van der Waals surface area contributed by atoms with Crippen molar-refractivity contribution in [2.45, 2.75) is 32.7 Å². The van der Waals surface area contributed by atoms with Crippen molar-refractivity contribution in [3.63, 3.8) is 0 Å². The zero-order chi connectivity index (χ0) is 21.8. The van der Waals surface area contributed by atoms with E-state index in [0.717, 1.165) is 16.8 Å². The van der Waals surface area contributed by atoms with Gasteiger partial charge in [-0.25, -0.2) is 0 Å². The van der Waals surface area contributed by atoms with Crippen molar-refractivity contribution in [1.82, 2.24) is 15.2 Å². The van der Waals surface area contributed by atoms with Crippen LogP contribution in [-0.2, 0) is 20.9 Å². The average Bonchev–Trinajstić information content (AvgIpc) is 3.20. The molecule has 2 aromatic rings. The Bertz CT molecular complexity index is 937. The minimum absolute atomic E-state index is 0.00687. The smallest absolute Gasteiger partial charge is 0.228 e. The second kappa shape index (κ2) is 9.29. The molecule has 0 radical (unpaired) electrons. The lowest BCUT2D eigenvalue weighted by Gasteiger charge is -2.33. The highest BCUT2D eigenvalue weighted by Gasteiger charge is 2.38. The largest absolute Gasteiger partial charge is 0.352 e. The molecule has 1 aromatic carbocycles. The van der Waals surface area contributed by atoms with Gasteiger partial charge in [0, 0.05) is 56.6 Å². The van der Waals surface area contributed by atoms with Crippen LogP contribution in [0.1, 0.15) is 30.4 Å². The van der Waals surface area contributed by atoms with Crippen LogP contribution in [0, 0.1) is 18.8 Å². The van der Waals surface area contributed by atoms with Crippen LogP contribution >= 0.6 is 0 Å². The number of aromatic nitrogens is 1. The van der Waals surface area contributed by atoms with Crippen LogP contribution in [0.5, 0.6) is 0 Å². The maximum Gasteiger partial charge on any atom is 0.228 e. The molecule has 4 rings (SSSR count). The first-order valence-corrected chi connectivity index (χ1v) is 10.8. The lowest BCUT2D eigenvalue weighted by atomic mass is 9.94. The van der Waals surface area contributed by atoms with Gasteiger partial charge < -0.3 is 15.1 Å². The van der Waals surface area contributed by atoms with E-state index in [1.165, 1.54) is 0 Å². The first-order chi connectivity index (χ1) is 15.0. The molecule has 0 bridgehead atoms. The van der Waals surface area contributed by atoms with Gasteiger partial charge in [-0.15, -0.1) is 0 Å². The van der Waals surface area contributed by atoms with Crippen LogP contribution in [0.25, 0.3) is 0 Å². The first kappa shape index (κ1) is 21.0. The van der Waals surface area contributed by atoms with Gasteiger partial charge in [0.05, 0.1) is 5.92 Å². The van der Waals surface area contributed by atoms with Gasteiger partial charge in [-0.2, -0.15) is 0 Å². The summed E-state index contributed by atoms with van der Waals surface area (Å²) < 4.78 is 0. The average molecular weight is 421 g/mol. The fraction of sp³-hybridized carbons (Fsp3) is 0.417. The quantitative estimate of drug-likeness (QED) is 0.805. The second-order valence-electron chi connectivity index (χ2n) is 8.41. The molecule has 3 amide bonds. The first-order valence-electron chi connectivity index (χ1n) is 10.8. The maximum atomic E-state index is 13.0. The molecule has 7 nitrogen and oxygen atoms in total. The van der Waals surface area contributed by atoms with Crippen LogP contribution in [0.2, 0.25) is 0 Å². The minimum atomic E-state index is -0.314. The van der Waals surface area contributed by atoms with E-state index in [9.17, 15) is 14.4 Å². The number of rotatable bonds is 5. The number of carbonyl (C=O) groups excluding carboxylic acids is 3. The normalized spacial score (nSPS) is 19.5. The summed E-state index contributed by atoms with van der Waals surface area (Å²) in [6.45, 7) is 4.03. The molecular weight excluding hydrogens is 392 g/mol. The Morgan fingerprint density at radius 3 is 2.39 bits per heavy atom. The van der Waals surface area contributed by atoms with Gasteiger partial charge in [0.1, 0.15) is 0 Å². The second-order valence-corrected chi connectivity index (χ2v) is 8.41. The summed E-state index contributed by atoms with van der Waals surface area (Å²) in [6, 6.07) is 11.6. The highest BCUT2D eigenvalue weighted by atomic mass is 16.2. The number of amides is 3. The van der Waals surface area contributed by atoms with Crippen molar-refractivity contribution in [2.75, 3.05) is 24.5 Å². The number of carbonyl (C=O) groups is 3. The Morgan fingerprint density at radius 1 is 1.03 bits per heavy atom. The number of pyridine rings is 1. The van der Waals surface area contributed by atoms with Gasteiger partial charge in [-0.3, -0.25) is 19.4 Å². The van der Waals surface area contributed by atoms with Crippen LogP contribution in [-0.4, -0.2) is 47.2 Å². The Hall–Kier alpha value is -3.22. The molecule has 1 aromatic heterocycles. The number of likely N-dealkylation sites (tertiary alicyclic amines) is 1. The number of anilines is 1.